The Morgan fingerprint density at radius 1 is 1.08 bits per heavy atom. The lowest BCUT2D eigenvalue weighted by Gasteiger charge is -2.18. The van der Waals surface area contributed by atoms with Crippen molar-refractivity contribution in [1.82, 2.24) is 0 Å². The zero-order valence-electron chi connectivity index (χ0n) is 15.7. The molecule has 4 nitrogen and oxygen atoms in total. The Hall–Kier alpha value is -2.62. The summed E-state index contributed by atoms with van der Waals surface area (Å²) in [5.74, 6) is -0.379. The number of para-hydroxylation sites is 1. The van der Waals surface area contributed by atoms with Crippen molar-refractivity contribution < 1.29 is 9.59 Å². The van der Waals surface area contributed by atoms with Gasteiger partial charge in [0.1, 0.15) is 0 Å². The summed E-state index contributed by atoms with van der Waals surface area (Å²) in [6, 6.07) is 14.0. The SMILES string of the molecule is CCc1cccc(CC)c1NC(=O)C1CC(=O)N(c2ccc(C)cc2)C1. The van der Waals surface area contributed by atoms with Crippen LogP contribution in [0.15, 0.2) is 42.5 Å². The molecule has 2 amide bonds. The number of carbonyl (C=O) groups excluding carboxylic acids is 2. The van der Waals surface area contributed by atoms with E-state index < -0.39 is 0 Å². The highest BCUT2D eigenvalue weighted by Gasteiger charge is 2.35. The fourth-order valence-corrected chi connectivity index (χ4v) is 3.49. The van der Waals surface area contributed by atoms with Crippen LogP contribution in [0.1, 0.15) is 37.0 Å². The number of hydrogen-bond donors (Lipinski definition) is 1. The standard InChI is InChI=1S/C22H26N2O2/c1-4-16-7-6-8-17(5-2)21(16)23-22(26)18-13-20(25)24(14-18)19-11-9-15(3)10-12-19/h6-12,18H,4-5,13-14H2,1-3H3,(H,23,26). The Labute approximate surface area is 155 Å². The van der Waals surface area contributed by atoms with Crippen LogP contribution in [0.3, 0.4) is 0 Å². The third-order valence-corrected chi connectivity index (χ3v) is 5.09. The van der Waals surface area contributed by atoms with E-state index in [9.17, 15) is 9.59 Å². The summed E-state index contributed by atoms with van der Waals surface area (Å²) in [5, 5.41) is 3.11. The predicted molar refractivity (Wildman–Crippen MR) is 105 cm³/mol. The van der Waals surface area contributed by atoms with Gasteiger partial charge in [0.25, 0.3) is 0 Å². The topological polar surface area (TPSA) is 49.4 Å². The van der Waals surface area contributed by atoms with Crippen LogP contribution in [0, 0.1) is 12.8 Å². The van der Waals surface area contributed by atoms with Crippen molar-refractivity contribution in [2.75, 3.05) is 16.8 Å². The molecule has 0 bridgehead atoms. The van der Waals surface area contributed by atoms with Gasteiger partial charge in [-0.05, 0) is 43.0 Å². The van der Waals surface area contributed by atoms with Gasteiger partial charge in [-0.3, -0.25) is 9.59 Å². The Balaban J connectivity index is 1.76. The van der Waals surface area contributed by atoms with Gasteiger partial charge in [0.15, 0.2) is 0 Å². The molecule has 0 radical (unpaired) electrons. The number of anilines is 2. The normalized spacial score (nSPS) is 16.8. The zero-order chi connectivity index (χ0) is 18.7. The van der Waals surface area contributed by atoms with E-state index >= 15 is 0 Å². The summed E-state index contributed by atoms with van der Waals surface area (Å²) >= 11 is 0. The molecule has 1 unspecified atom stereocenters. The number of aryl methyl sites for hydroxylation is 3. The van der Waals surface area contributed by atoms with Crippen LogP contribution in [-0.4, -0.2) is 18.4 Å². The average molecular weight is 350 g/mol. The van der Waals surface area contributed by atoms with Gasteiger partial charge in [-0.2, -0.15) is 0 Å². The third kappa shape index (κ3) is 3.64. The Bertz CT molecular complexity index is 789. The van der Waals surface area contributed by atoms with Gasteiger partial charge < -0.3 is 10.2 Å². The summed E-state index contributed by atoms with van der Waals surface area (Å²) in [7, 11) is 0. The number of nitrogens with zero attached hydrogens (tertiary/aromatic N) is 1. The van der Waals surface area contributed by atoms with E-state index in [-0.39, 0.29) is 24.2 Å². The van der Waals surface area contributed by atoms with Gasteiger partial charge in [0, 0.05) is 24.3 Å². The van der Waals surface area contributed by atoms with Crippen LogP contribution in [-0.2, 0) is 22.4 Å². The highest BCUT2D eigenvalue weighted by molar-refractivity contribution is 6.04. The molecule has 1 aliphatic heterocycles. The van der Waals surface area contributed by atoms with E-state index in [2.05, 4.69) is 19.2 Å². The quantitative estimate of drug-likeness (QED) is 0.882. The van der Waals surface area contributed by atoms with Crippen molar-refractivity contribution in [3.05, 3.63) is 59.2 Å². The van der Waals surface area contributed by atoms with Crippen LogP contribution >= 0.6 is 0 Å². The van der Waals surface area contributed by atoms with Crippen molar-refractivity contribution in [2.45, 2.75) is 40.0 Å². The second kappa shape index (κ2) is 7.73. The van der Waals surface area contributed by atoms with Crippen LogP contribution in [0.5, 0.6) is 0 Å². The van der Waals surface area contributed by atoms with Crippen LogP contribution in [0.25, 0.3) is 0 Å². The summed E-state index contributed by atoms with van der Waals surface area (Å²) < 4.78 is 0. The van der Waals surface area contributed by atoms with Gasteiger partial charge in [-0.25, -0.2) is 0 Å². The summed E-state index contributed by atoms with van der Waals surface area (Å²) in [6.07, 6.45) is 1.99. The number of carbonyl (C=O) groups is 2. The Morgan fingerprint density at radius 3 is 2.27 bits per heavy atom. The molecule has 1 fully saturated rings. The van der Waals surface area contributed by atoms with Gasteiger partial charge in [-0.15, -0.1) is 0 Å². The Kier molecular flexibility index (Phi) is 5.40. The Morgan fingerprint density at radius 2 is 1.69 bits per heavy atom. The van der Waals surface area contributed by atoms with E-state index in [1.165, 1.54) is 0 Å². The fourth-order valence-electron chi connectivity index (χ4n) is 3.49. The minimum absolute atomic E-state index is 0.00787. The maximum atomic E-state index is 12.8. The molecule has 136 valence electrons. The number of rotatable bonds is 5. The first kappa shape index (κ1) is 18.2. The maximum Gasteiger partial charge on any atom is 0.229 e. The number of hydrogen-bond acceptors (Lipinski definition) is 2. The van der Waals surface area contributed by atoms with E-state index in [0.717, 1.165) is 40.9 Å². The van der Waals surface area contributed by atoms with Gasteiger partial charge in [-0.1, -0.05) is 49.7 Å². The molecule has 0 spiro atoms. The van der Waals surface area contributed by atoms with Crippen molar-refractivity contribution in [3.63, 3.8) is 0 Å². The molecule has 4 heteroatoms. The molecule has 0 saturated carbocycles. The van der Waals surface area contributed by atoms with Gasteiger partial charge in [0.05, 0.1) is 5.92 Å². The second-order valence-electron chi connectivity index (χ2n) is 6.89. The molecule has 2 aromatic carbocycles. The van der Waals surface area contributed by atoms with Crippen molar-refractivity contribution in [1.29, 1.82) is 0 Å². The third-order valence-electron chi connectivity index (χ3n) is 5.09. The second-order valence-corrected chi connectivity index (χ2v) is 6.89. The molecule has 1 aliphatic rings. The van der Waals surface area contributed by atoms with E-state index in [0.29, 0.717) is 6.54 Å². The first-order valence-electron chi connectivity index (χ1n) is 9.32. The number of benzene rings is 2. The van der Waals surface area contributed by atoms with Gasteiger partial charge >= 0.3 is 0 Å². The summed E-state index contributed by atoms with van der Waals surface area (Å²) in [4.78, 5) is 27.0. The molecule has 1 atom stereocenters. The summed E-state index contributed by atoms with van der Waals surface area (Å²) in [5.41, 5.74) is 5.20. The van der Waals surface area contributed by atoms with E-state index in [1.807, 2.05) is 49.4 Å². The van der Waals surface area contributed by atoms with Crippen molar-refractivity contribution in [2.24, 2.45) is 5.92 Å². The molecule has 0 aromatic heterocycles. The van der Waals surface area contributed by atoms with Crippen LogP contribution in [0.2, 0.25) is 0 Å². The smallest absolute Gasteiger partial charge is 0.229 e. The minimum atomic E-state index is -0.321. The molecular weight excluding hydrogens is 324 g/mol. The monoisotopic (exact) mass is 350 g/mol. The highest BCUT2D eigenvalue weighted by atomic mass is 16.2. The molecule has 1 N–H and O–H groups in total. The molecule has 1 saturated heterocycles. The van der Waals surface area contributed by atoms with Crippen LogP contribution < -0.4 is 10.2 Å². The molecule has 2 aromatic rings. The predicted octanol–water partition coefficient (Wildman–Crippen LogP) is 4.11. The molecule has 0 aliphatic carbocycles. The first-order valence-corrected chi connectivity index (χ1v) is 9.32. The van der Waals surface area contributed by atoms with Crippen molar-refractivity contribution in [3.8, 4) is 0 Å². The largest absolute Gasteiger partial charge is 0.325 e. The highest BCUT2D eigenvalue weighted by Crippen LogP contribution is 2.28. The molecule has 1 heterocycles. The minimum Gasteiger partial charge on any atom is -0.325 e. The zero-order valence-corrected chi connectivity index (χ0v) is 15.7. The van der Waals surface area contributed by atoms with Gasteiger partial charge in [0.2, 0.25) is 11.8 Å². The molecule has 26 heavy (non-hydrogen) atoms. The molecule has 3 rings (SSSR count). The lowest BCUT2D eigenvalue weighted by atomic mass is 10.0. The first-order chi connectivity index (χ1) is 12.5. The van der Waals surface area contributed by atoms with Crippen molar-refractivity contribution >= 4 is 23.2 Å². The lowest BCUT2D eigenvalue weighted by molar-refractivity contribution is -0.122. The maximum absolute atomic E-state index is 12.8. The van der Waals surface area contributed by atoms with E-state index in [1.54, 1.807) is 4.90 Å². The fraction of sp³-hybridized carbons (Fsp3) is 0.364. The number of nitrogens with one attached hydrogen (secondary N) is 1. The number of amides is 2. The summed E-state index contributed by atoms with van der Waals surface area (Å²) in [6.45, 7) is 6.62. The lowest BCUT2D eigenvalue weighted by Crippen LogP contribution is -2.28. The van der Waals surface area contributed by atoms with Crippen LogP contribution in [0.4, 0.5) is 11.4 Å². The average Bonchev–Trinajstić information content (AvgIpc) is 3.04. The molecular formula is C22H26N2O2. The van der Waals surface area contributed by atoms with E-state index in [4.69, 9.17) is 0 Å².